The lowest BCUT2D eigenvalue weighted by molar-refractivity contribution is 0.0621. The highest BCUT2D eigenvalue weighted by Gasteiger charge is 2.15. The van der Waals surface area contributed by atoms with Gasteiger partial charge in [-0.2, -0.15) is 12.6 Å². The smallest absolute Gasteiger partial charge is 0.0717 e. The standard InChI is InChI=1S/C12H17ClOS/c1-12(2,9-15)8-14-7-10-4-3-5-11(13)6-10/h3-6,15H,7-9H2,1-2H3. The third-order valence-corrected chi connectivity index (χ3v) is 3.17. The molecule has 0 unspecified atom stereocenters. The molecule has 0 atom stereocenters. The van der Waals surface area contributed by atoms with Gasteiger partial charge in [-0.25, -0.2) is 0 Å². The molecule has 0 radical (unpaired) electrons. The zero-order chi connectivity index (χ0) is 11.3. The Morgan fingerprint density at radius 1 is 1.40 bits per heavy atom. The van der Waals surface area contributed by atoms with Gasteiger partial charge in [0.1, 0.15) is 0 Å². The summed E-state index contributed by atoms with van der Waals surface area (Å²) in [5, 5.41) is 0.754. The molecule has 0 saturated heterocycles. The van der Waals surface area contributed by atoms with E-state index >= 15 is 0 Å². The fourth-order valence-electron chi connectivity index (χ4n) is 1.12. The van der Waals surface area contributed by atoms with Crippen molar-refractivity contribution in [3.05, 3.63) is 34.9 Å². The van der Waals surface area contributed by atoms with Crippen molar-refractivity contribution in [2.45, 2.75) is 20.5 Å². The summed E-state index contributed by atoms with van der Waals surface area (Å²) in [7, 11) is 0. The molecule has 0 aliphatic rings. The average molecular weight is 245 g/mol. The normalized spacial score (nSPS) is 11.7. The van der Waals surface area contributed by atoms with Gasteiger partial charge in [0.05, 0.1) is 13.2 Å². The van der Waals surface area contributed by atoms with E-state index in [1.807, 2.05) is 24.3 Å². The maximum Gasteiger partial charge on any atom is 0.0717 e. The fourth-order valence-corrected chi connectivity index (χ4v) is 1.42. The molecule has 0 N–H and O–H groups in total. The number of benzene rings is 1. The summed E-state index contributed by atoms with van der Waals surface area (Å²) in [5.41, 5.74) is 1.24. The van der Waals surface area contributed by atoms with E-state index in [4.69, 9.17) is 16.3 Å². The van der Waals surface area contributed by atoms with Crippen molar-refractivity contribution in [1.82, 2.24) is 0 Å². The molecule has 0 spiro atoms. The molecule has 0 amide bonds. The van der Waals surface area contributed by atoms with Gasteiger partial charge in [0.15, 0.2) is 0 Å². The zero-order valence-electron chi connectivity index (χ0n) is 9.16. The first-order chi connectivity index (χ1) is 7.03. The first kappa shape index (κ1) is 12.9. The molecule has 15 heavy (non-hydrogen) atoms. The van der Waals surface area contributed by atoms with Crippen molar-refractivity contribution in [1.29, 1.82) is 0 Å². The SMILES string of the molecule is CC(C)(CS)COCc1cccc(Cl)c1. The number of halogens is 1. The number of rotatable bonds is 5. The lowest BCUT2D eigenvalue weighted by atomic mass is 9.98. The molecule has 1 rings (SSSR count). The van der Waals surface area contributed by atoms with E-state index in [1.165, 1.54) is 0 Å². The maximum absolute atomic E-state index is 5.87. The van der Waals surface area contributed by atoms with Crippen LogP contribution < -0.4 is 0 Å². The second kappa shape index (κ2) is 5.78. The topological polar surface area (TPSA) is 9.23 Å². The summed E-state index contributed by atoms with van der Waals surface area (Å²) in [6.07, 6.45) is 0. The Hall–Kier alpha value is -0.180. The molecule has 1 aromatic rings. The molecule has 1 aromatic carbocycles. The van der Waals surface area contributed by atoms with E-state index in [1.54, 1.807) is 0 Å². The average Bonchev–Trinajstić information content (AvgIpc) is 2.18. The van der Waals surface area contributed by atoms with E-state index in [2.05, 4.69) is 26.5 Å². The summed E-state index contributed by atoms with van der Waals surface area (Å²) in [6, 6.07) is 7.74. The van der Waals surface area contributed by atoms with Gasteiger partial charge >= 0.3 is 0 Å². The van der Waals surface area contributed by atoms with Crippen molar-refractivity contribution < 1.29 is 4.74 Å². The second-order valence-electron chi connectivity index (χ2n) is 4.45. The molecule has 84 valence electrons. The molecule has 0 aromatic heterocycles. The molecule has 0 heterocycles. The highest BCUT2D eigenvalue weighted by atomic mass is 35.5. The van der Waals surface area contributed by atoms with Crippen LogP contribution >= 0.6 is 24.2 Å². The highest BCUT2D eigenvalue weighted by Crippen LogP contribution is 2.18. The van der Waals surface area contributed by atoms with Gasteiger partial charge in [-0.3, -0.25) is 0 Å². The quantitative estimate of drug-likeness (QED) is 0.775. The second-order valence-corrected chi connectivity index (χ2v) is 5.20. The number of ether oxygens (including phenoxy) is 1. The van der Waals surface area contributed by atoms with Crippen molar-refractivity contribution >= 4 is 24.2 Å². The van der Waals surface area contributed by atoms with Crippen LogP contribution in [0.1, 0.15) is 19.4 Å². The van der Waals surface area contributed by atoms with E-state index in [0.29, 0.717) is 13.2 Å². The lowest BCUT2D eigenvalue weighted by Crippen LogP contribution is -2.20. The Morgan fingerprint density at radius 3 is 2.73 bits per heavy atom. The van der Waals surface area contributed by atoms with Crippen molar-refractivity contribution in [2.75, 3.05) is 12.4 Å². The van der Waals surface area contributed by atoms with E-state index in [0.717, 1.165) is 16.3 Å². The van der Waals surface area contributed by atoms with Crippen molar-refractivity contribution in [3.8, 4) is 0 Å². The summed E-state index contributed by atoms with van der Waals surface area (Å²) in [6.45, 7) is 5.59. The van der Waals surface area contributed by atoms with Gasteiger partial charge in [0, 0.05) is 5.02 Å². The molecule has 0 aliphatic carbocycles. The maximum atomic E-state index is 5.87. The third kappa shape index (κ3) is 4.92. The van der Waals surface area contributed by atoms with Crippen molar-refractivity contribution in [2.24, 2.45) is 5.41 Å². The van der Waals surface area contributed by atoms with Crippen LogP contribution in [0.3, 0.4) is 0 Å². The highest BCUT2D eigenvalue weighted by molar-refractivity contribution is 7.80. The first-order valence-electron chi connectivity index (χ1n) is 4.96. The fraction of sp³-hybridized carbons (Fsp3) is 0.500. The zero-order valence-corrected chi connectivity index (χ0v) is 10.8. The summed E-state index contributed by atoms with van der Waals surface area (Å²) >= 11 is 10.1. The Morgan fingerprint density at radius 2 is 2.13 bits per heavy atom. The minimum atomic E-state index is 0.127. The van der Waals surface area contributed by atoms with E-state index < -0.39 is 0 Å². The van der Waals surface area contributed by atoms with Crippen LogP contribution in [0.15, 0.2) is 24.3 Å². The predicted octanol–water partition coefficient (Wildman–Crippen LogP) is 3.81. The summed E-state index contributed by atoms with van der Waals surface area (Å²) < 4.78 is 5.62. The van der Waals surface area contributed by atoms with Crippen LogP contribution in [0.5, 0.6) is 0 Å². The van der Waals surface area contributed by atoms with E-state index in [-0.39, 0.29) is 5.41 Å². The van der Waals surface area contributed by atoms with Crippen LogP contribution in [0.4, 0.5) is 0 Å². The van der Waals surface area contributed by atoms with Crippen LogP contribution in [-0.4, -0.2) is 12.4 Å². The summed E-state index contributed by atoms with van der Waals surface area (Å²) in [4.78, 5) is 0. The molecule has 0 saturated carbocycles. The van der Waals surface area contributed by atoms with Gasteiger partial charge in [-0.15, -0.1) is 0 Å². The van der Waals surface area contributed by atoms with E-state index in [9.17, 15) is 0 Å². The Labute approximate surface area is 102 Å². The molecule has 0 aliphatic heterocycles. The van der Waals surface area contributed by atoms with Gasteiger partial charge in [-0.05, 0) is 28.9 Å². The van der Waals surface area contributed by atoms with Gasteiger partial charge in [0.25, 0.3) is 0 Å². The number of thiol groups is 1. The van der Waals surface area contributed by atoms with Crippen LogP contribution in [0, 0.1) is 5.41 Å². The molecular weight excluding hydrogens is 228 g/mol. The number of hydrogen-bond donors (Lipinski definition) is 1. The van der Waals surface area contributed by atoms with Crippen LogP contribution in [0.25, 0.3) is 0 Å². The van der Waals surface area contributed by atoms with Crippen molar-refractivity contribution in [3.63, 3.8) is 0 Å². The molecule has 1 nitrogen and oxygen atoms in total. The molecular formula is C12H17ClOS. The lowest BCUT2D eigenvalue weighted by Gasteiger charge is -2.21. The van der Waals surface area contributed by atoms with Crippen LogP contribution in [-0.2, 0) is 11.3 Å². The minimum Gasteiger partial charge on any atom is -0.376 e. The first-order valence-corrected chi connectivity index (χ1v) is 5.98. The van der Waals surface area contributed by atoms with Crippen LogP contribution in [0.2, 0.25) is 5.02 Å². The Kier molecular flexibility index (Phi) is 4.97. The van der Waals surface area contributed by atoms with Gasteiger partial charge in [-0.1, -0.05) is 37.6 Å². The third-order valence-electron chi connectivity index (χ3n) is 2.08. The molecule has 0 fully saturated rings. The van der Waals surface area contributed by atoms with Gasteiger partial charge < -0.3 is 4.74 Å². The minimum absolute atomic E-state index is 0.127. The Balaban J connectivity index is 2.38. The Bertz CT molecular complexity index is 312. The largest absolute Gasteiger partial charge is 0.376 e. The number of hydrogen-bond acceptors (Lipinski definition) is 2. The summed E-state index contributed by atoms with van der Waals surface area (Å²) in [5.74, 6) is 0.822. The molecule has 0 bridgehead atoms. The molecule has 3 heteroatoms. The van der Waals surface area contributed by atoms with Gasteiger partial charge in [0.2, 0.25) is 0 Å². The predicted molar refractivity (Wildman–Crippen MR) is 68.7 cm³/mol. The monoisotopic (exact) mass is 244 g/mol.